The summed E-state index contributed by atoms with van der Waals surface area (Å²) >= 11 is 1.70. The van der Waals surface area contributed by atoms with Gasteiger partial charge in [-0.25, -0.2) is 4.98 Å². The topological polar surface area (TPSA) is 54.9 Å². The number of methoxy groups -OCH3 is 1. The number of thiazole rings is 1. The van der Waals surface area contributed by atoms with E-state index >= 15 is 0 Å². The molecule has 2 fully saturated rings. The number of carbonyl (C=O) groups is 1. The summed E-state index contributed by atoms with van der Waals surface area (Å²) in [6, 6.07) is 0. The minimum Gasteiger partial charge on any atom is -0.375 e. The Bertz CT molecular complexity index is 536. The molecule has 3 rings (SSSR count). The fraction of sp³-hybridized carbons (Fsp3) is 0.750. The first kappa shape index (κ1) is 16.8. The summed E-state index contributed by atoms with van der Waals surface area (Å²) in [7, 11) is 1.56. The molecule has 23 heavy (non-hydrogen) atoms. The van der Waals surface area contributed by atoms with Crippen molar-refractivity contribution < 1.29 is 14.3 Å². The molecule has 1 amide bonds. The van der Waals surface area contributed by atoms with Crippen molar-refractivity contribution in [2.24, 2.45) is 5.92 Å². The number of aromatic nitrogens is 1. The highest BCUT2D eigenvalue weighted by atomic mass is 32.1. The number of fused-ring (bicyclic) bond motifs is 1. The number of aryl methyl sites for hydroxylation is 1. The minimum atomic E-state index is 0.0635. The average Bonchev–Trinajstić information content (AvgIpc) is 2.82. The summed E-state index contributed by atoms with van der Waals surface area (Å²) in [4.78, 5) is 20.9. The zero-order valence-corrected chi connectivity index (χ0v) is 14.7. The van der Waals surface area contributed by atoms with Gasteiger partial charge in [-0.2, -0.15) is 0 Å². The number of nitrogens with zero attached hydrogens (tertiary/aromatic N) is 3. The van der Waals surface area contributed by atoms with Crippen LogP contribution in [0.3, 0.4) is 0 Å². The standard InChI is InChI=1S/C16H25N3O3S/c1-12-17-14(11-23-12)8-18-5-6-22-15-9-19(16(20)10-21-2)4-3-13(15)7-18/h11,13,15H,3-10H2,1-2H3/t13-,15-/m1/s1. The zero-order chi connectivity index (χ0) is 16.2. The normalized spacial score (nSPS) is 25.9. The maximum Gasteiger partial charge on any atom is 0.248 e. The van der Waals surface area contributed by atoms with Gasteiger partial charge < -0.3 is 14.4 Å². The predicted molar refractivity (Wildman–Crippen MR) is 88.4 cm³/mol. The van der Waals surface area contributed by atoms with E-state index in [1.54, 1.807) is 18.4 Å². The lowest BCUT2D eigenvalue weighted by Crippen LogP contribution is -2.49. The molecule has 2 aliphatic heterocycles. The number of hydrogen-bond acceptors (Lipinski definition) is 6. The number of piperidine rings is 1. The Morgan fingerprint density at radius 1 is 1.48 bits per heavy atom. The first-order valence-electron chi connectivity index (χ1n) is 8.17. The average molecular weight is 339 g/mol. The third-order valence-electron chi connectivity index (χ3n) is 4.60. The quantitative estimate of drug-likeness (QED) is 0.824. The first-order valence-corrected chi connectivity index (χ1v) is 9.05. The Balaban J connectivity index is 1.57. The van der Waals surface area contributed by atoms with E-state index in [1.165, 1.54) is 0 Å². The maximum atomic E-state index is 12.0. The lowest BCUT2D eigenvalue weighted by Gasteiger charge is -2.38. The van der Waals surface area contributed by atoms with Gasteiger partial charge in [0.25, 0.3) is 0 Å². The molecular weight excluding hydrogens is 314 g/mol. The highest BCUT2D eigenvalue weighted by Gasteiger charge is 2.34. The highest BCUT2D eigenvalue weighted by Crippen LogP contribution is 2.25. The van der Waals surface area contributed by atoms with E-state index in [0.717, 1.165) is 49.9 Å². The van der Waals surface area contributed by atoms with Crippen LogP contribution in [0.15, 0.2) is 5.38 Å². The summed E-state index contributed by atoms with van der Waals surface area (Å²) in [5.74, 6) is 0.553. The molecule has 0 spiro atoms. The lowest BCUT2D eigenvalue weighted by atomic mass is 9.93. The van der Waals surface area contributed by atoms with Crippen LogP contribution in [0, 0.1) is 12.8 Å². The number of ether oxygens (including phenoxy) is 2. The largest absolute Gasteiger partial charge is 0.375 e. The molecule has 0 N–H and O–H groups in total. The van der Waals surface area contributed by atoms with Gasteiger partial charge in [-0.1, -0.05) is 0 Å². The van der Waals surface area contributed by atoms with E-state index in [0.29, 0.717) is 12.5 Å². The van der Waals surface area contributed by atoms with Crippen molar-refractivity contribution in [2.45, 2.75) is 26.0 Å². The van der Waals surface area contributed by atoms with E-state index in [-0.39, 0.29) is 18.6 Å². The molecule has 0 aliphatic carbocycles. The van der Waals surface area contributed by atoms with Gasteiger partial charge in [-0.3, -0.25) is 9.69 Å². The molecule has 7 heteroatoms. The van der Waals surface area contributed by atoms with Crippen LogP contribution in [0.4, 0.5) is 0 Å². The van der Waals surface area contributed by atoms with Crippen molar-refractivity contribution in [3.8, 4) is 0 Å². The van der Waals surface area contributed by atoms with E-state index in [4.69, 9.17) is 9.47 Å². The van der Waals surface area contributed by atoms with Crippen LogP contribution in [-0.4, -0.2) is 73.3 Å². The maximum absolute atomic E-state index is 12.0. The van der Waals surface area contributed by atoms with Crippen LogP contribution in [0.5, 0.6) is 0 Å². The summed E-state index contributed by atoms with van der Waals surface area (Å²) in [6.45, 7) is 7.25. The Morgan fingerprint density at radius 3 is 3.09 bits per heavy atom. The van der Waals surface area contributed by atoms with E-state index in [9.17, 15) is 4.79 Å². The van der Waals surface area contributed by atoms with Crippen molar-refractivity contribution in [1.82, 2.24) is 14.8 Å². The van der Waals surface area contributed by atoms with Gasteiger partial charge in [-0.15, -0.1) is 11.3 Å². The van der Waals surface area contributed by atoms with Gasteiger partial charge in [0.1, 0.15) is 6.61 Å². The van der Waals surface area contributed by atoms with E-state index in [1.807, 2.05) is 11.8 Å². The Morgan fingerprint density at radius 2 is 2.35 bits per heavy atom. The Hall–Kier alpha value is -1.02. The zero-order valence-electron chi connectivity index (χ0n) is 13.9. The Kier molecular flexibility index (Phi) is 5.63. The molecule has 128 valence electrons. The molecule has 2 aliphatic rings. The summed E-state index contributed by atoms with van der Waals surface area (Å²) in [6.07, 6.45) is 1.14. The van der Waals surface area contributed by atoms with Gasteiger partial charge in [0, 0.05) is 51.1 Å². The van der Waals surface area contributed by atoms with Crippen LogP contribution < -0.4 is 0 Å². The smallest absolute Gasteiger partial charge is 0.248 e. The SMILES string of the molecule is COCC(=O)N1CC[C@@H]2CN(Cc3csc(C)n3)CCO[C@@H]2C1. The lowest BCUT2D eigenvalue weighted by molar-refractivity contribution is -0.140. The molecule has 0 saturated carbocycles. The number of rotatable bonds is 4. The molecule has 6 nitrogen and oxygen atoms in total. The molecule has 3 heterocycles. The van der Waals surface area contributed by atoms with Gasteiger partial charge in [-0.05, 0) is 13.3 Å². The third kappa shape index (κ3) is 4.29. The van der Waals surface area contributed by atoms with Crippen LogP contribution in [0.25, 0.3) is 0 Å². The minimum absolute atomic E-state index is 0.0635. The van der Waals surface area contributed by atoms with Crippen molar-refractivity contribution in [2.75, 3.05) is 46.5 Å². The first-order chi connectivity index (χ1) is 11.2. The van der Waals surface area contributed by atoms with Crippen molar-refractivity contribution in [1.29, 1.82) is 0 Å². The van der Waals surface area contributed by atoms with Gasteiger partial charge in [0.05, 0.1) is 23.4 Å². The van der Waals surface area contributed by atoms with Crippen LogP contribution >= 0.6 is 11.3 Å². The van der Waals surface area contributed by atoms with Crippen molar-refractivity contribution >= 4 is 17.2 Å². The monoisotopic (exact) mass is 339 g/mol. The van der Waals surface area contributed by atoms with E-state index < -0.39 is 0 Å². The van der Waals surface area contributed by atoms with Gasteiger partial charge in [0.15, 0.2) is 0 Å². The number of amides is 1. The predicted octanol–water partition coefficient (Wildman–Crippen LogP) is 1.15. The fourth-order valence-corrected chi connectivity index (χ4v) is 4.02. The molecule has 2 saturated heterocycles. The van der Waals surface area contributed by atoms with Crippen molar-refractivity contribution in [3.05, 3.63) is 16.1 Å². The molecule has 1 aromatic heterocycles. The second-order valence-corrected chi connectivity index (χ2v) is 7.39. The van der Waals surface area contributed by atoms with Crippen LogP contribution in [-0.2, 0) is 20.8 Å². The van der Waals surface area contributed by atoms with Crippen LogP contribution in [0.1, 0.15) is 17.1 Å². The summed E-state index contributed by atoms with van der Waals surface area (Å²) in [5, 5.41) is 3.26. The molecule has 1 aromatic rings. The van der Waals surface area contributed by atoms with Crippen LogP contribution in [0.2, 0.25) is 0 Å². The van der Waals surface area contributed by atoms with Gasteiger partial charge >= 0.3 is 0 Å². The second kappa shape index (κ2) is 7.70. The van der Waals surface area contributed by atoms with Crippen molar-refractivity contribution in [3.63, 3.8) is 0 Å². The fourth-order valence-electron chi connectivity index (χ4n) is 3.41. The number of hydrogen-bond donors (Lipinski definition) is 0. The second-order valence-electron chi connectivity index (χ2n) is 6.32. The molecule has 0 aromatic carbocycles. The van der Waals surface area contributed by atoms with E-state index in [2.05, 4.69) is 15.3 Å². The molecule has 0 bridgehead atoms. The molecule has 2 atom stereocenters. The summed E-state index contributed by atoms with van der Waals surface area (Å²) in [5.41, 5.74) is 1.15. The molecular formula is C16H25N3O3S. The summed E-state index contributed by atoms with van der Waals surface area (Å²) < 4.78 is 11.0. The molecule has 0 unspecified atom stereocenters. The van der Waals surface area contributed by atoms with Gasteiger partial charge in [0.2, 0.25) is 5.91 Å². The third-order valence-corrected chi connectivity index (χ3v) is 5.42. The molecule has 0 radical (unpaired) electrons. The Labute approximate surface area is 141 Å². The highest BCUT2D eigenvalue weighted by molar-refractivity contribution is 7.09. The number of carbonyl (C=O) groups excluding carboxylic acids is 1. The number of likely N-dealkylation sites (tertiary alicyclic amines) is 1.